The molecular weight excluding hydrogens is 398 g/mol. The Bertz CT molecular complexity index is 953. The van der Waals surface area contributed by atoms with E-state index in [4.69, 9.17) is 11.6 Å². The normalized spacial score (nSPS) is 14.6. The van der Waals surface area contributed by atoms with E-state index in [0.29, 0.717) is 16.3 Å². The number of likely N-dealkylation sites (tertiary alicyclic amines) is 1. The number of sulfonamides is 1. The lowest BCUT2D eigenvalue weighted by Crippen LogP contribution is -2.36. The van der Waals surface area contributed by atoms with Gasteiger partial charge in [0, 0.05) is 43.6 Å². The summed E-state index contributed by atoms with van der Waals surface area (Å²) in [5.41, 5.74) is 1.59. The lowest BCUT2D eigenvalue weighted by atomic mass is 10.1. The van der Waals surface area contributed by atoms with Crippen LogP contribution in [-0.2, 0) is 10.0 Å². The van der Waals surface area contributed by atoms with Crippen molar-refractivity contribution in [2.45, 2.75) is 24.2 Å². The second kappa shape index (κ2) is 8.41. The summed E-state index contributed by atoms with van der Waals surface area (Å²) in [5, 5.41) is 0.462. The first-order valence-electron chi connectivity index (χ1n) is 9.17. The molecule has 28 heavy (non-hydrogen) atoms. The summed E-state index contributed by atoms with van der Waals surface area (Å²) in [6.45, 7) is 1.46. The van der Waals surface area contributed by atoms with E-state index >= 15 is 0 Å². The van der Waals surface area contributed by atoms with Gasteiger partial charge in [-0.25, -0.2) is 8.42 Å². The number of halogens is 1. The van der Waals surface area contributed by atoms with Gasteiger partial charge in [-0.1, -0.05) is 11.6 Å². The van der Waals surface area contributed by atoms with Gasteiger partial charge in [-0.2, -0.15) is 0 Å². The molecule has 8 heteroatoms. The Balaban J connectivity index is 1.92. The van der Waals surface area contributed by atoms with Crippen molar-refractivity contribution in [2.75, 3.05) is 36.8 Å². The molecule has 1 aliphatic rings. The molecule has 1 aliphatic heterocycles. The third-order valence-corrected chi connectivity index (χ3v) is 6.38. The highest BCUT2D eigenvalue weighted by Crippen LogP contribution is 2.27. The van der Waals surface area contributed by atoms with E-state index in [1.165, 1.54) is 24.3 Å². The predicted molar refractivity (Wildman–Crippen MR) is 113 cm³/mol. The van der Waals surface area contributed by atoms with Gasteiger partial charge in [0.15, 0.2) is 0 Å². The summed E-state index contributed by atoms with van der Waals surface area (Å²) < 4.78 is 27.9. The van der Waals surface area contributed by atoms with Gasteiger partial charge in [0.1, 0.15) is 0 Å². The zero-order chi connectivity index (χ0) is 20.3. The Morgan fingerprint density at radius 2 is 1.68 bits per heavy atom. The SMILES string of the molecule is CN(C)c1ccc(NS(=O)(=O)c2ccc(Cl)cc2)cc1C(=O)N1CCCCC1. The summed E-state index contributed by atoms with van der Waals surface area (Å²) >= 11 is 5.84. The number of hydrogen-bond donors (Lipinski definition) is 1. The molecule has 0 radical (unpaired) electrons. The average Bonchev–Trinajstić information content (AvgIpc) is 2.68. The molecule has 0 atom stereocenters. The van der Waals surface area contributed by atoms with Crippen LogP contribution in [0.25, 0.3) is 0 Å². The van der Waals surface area contributed by atoms with Crippen molar-refractivity contribution < 1.29 is 13.2 Å². The van der Waals surface area contributed by atoms with Crippen LogP contribution in [0.5, 0.6) is 0 Å². The highest BCUT2D eigenvalue weighted by molar-refractivity contribution is 7.92. The van der Waals surface area contributed by atoms with Crippen molar-refractivity contribution in [1.29, 1.82) is 0 Å². The Kier molecular flexibility index (Phi) is 6.15. The number of benzene rings is 2. The molecule has 0 saturated carbocycles. The molecule has 1 heterocycles. The van der Waals surface area contributed by atoms with Crippen LogP contribution in [0.3, 0.4) is 0 Å². The molecule has 6 nitrogen and oxygen atoms in total. The highest BCUT2D eigenvalue weighted by atomic mass is 35.5. The largest absolute Gasteiger partial charge is 0.377 e. The van der Waals surface area contributed by atoms with Crippen molar-refractivity contribution in [3.63, 3.8) is 0 Å². The van der Waals surface area contributed by atoms with Crippen LogP contribution in [0, 0.1) is 0 Å². The van der Waals surface area contributed by atoms with Crippen molar-refractivity contribution >= 4 is 38.9 Å². The molecule has 3 rings (SSSR count). The Hall–Kier alpha value is -2.25. The molecule has 1 saturated heterocycles. The first kappa shape index (κ1) is 20.5. The highest BCUT2D eigenvalue weighted by Gasteiger charge is 2.23. The standard InChI is InChI=1S/C20H24ClN3O3S/c1-23(2)19-11-8-16(14-18(19)20(25)24-12-4-3-5-13-24)22-28(26,27)17-9-6-15(21)7-10-17/h6-11,14,22H,3-5,12-13H2,1-2H3. The van der Waals surface area contributed by atoms with Crippen LogP contribution >= 0.6 is 11.6 Å². The number of amides is 1. The predicted octanol–water partition coefficient (Wildman–Crippen LogP) is 3.83. The second-order valence-electron chi connectivity index (χ2n) is 7.04. The van der Waals surface area contributed by atoms with Crippen LogP contribution in [-0.4, -0.2) is 46.4 Å². The van der Waals surface area contributed by atoms with Crippen molar-refractivity contribution in [3.8, 4) is 0 Å². The number of piperidine rings is 1. The van der Waals surface area contributed by atoms with E-state index in [1.54, 1.807) is 18.2 Å². The summed E-state index contributed by atoms with van der Waals surface area (Å²) in [7, 11) is -0.0557. The van der Waals surface area contributed by atoms with Gasteiger partial charge in [-0.05, 0) is 61.7 Å². The molecule has 0 aliphatic carbocycles. The molecule has 2 aromatic rings. The summed E-state index contributed by atoms with van der Waals surface area (Å²) in [5.74, 6) is -0.0732. The van der Waals surface area contributed by atoms with Crippen LogP contribution in [0.15, 0.2) is 47.4 Å². The van der Waals surface area contributed by atoms with Gasteiger partial charge in [0.2, 0.25) is 0 Å². The summed E-state index contributed by atoms with van der Waals surface area (Å²) in [6.07, 6.45) is 3.11. The number of anilines is 2. The molecule has 0 unspecified atom stereocenters. The molecule has 1 amide bonds. The fourth-order valence-corrected chi connectivity index (χ4v) is 4.43. The minimum atomic E-state index is -3.78. The first-order chi connectivity index (χ1) is 13.3. The number of nitrogens with one attached hydrogen (secondary N) is 1. The molecule has 0 bridgehead atoms. The third kappa shape index (κ3) is 4.59. The van der Waals surface area contributed by atoms with E-state index in [2.05, 4.69) is 4.72 Å². The number of nitrogens with zero attached hydrogens (tertiary/aromatic N) is 2. The van der Waals surface area contributed by atoms with Crippen LogP contribution in [0.1, 0.15) is 29.6 Å². The van der Waals surface area contributed by atoms with E-state index in [0.717, 1.165) is 38.0 Å². The van der Waals surface area contributed by atoms with Crippen LogP contribution in [0.2, 0.25) is 5.02 Å². The average molecular weight is 422 g/mol. The maximum absolute atomic E-state index is 13.1. The van der Waals surface area contributed by atoms with Gasteiger partial charge in [-0.3, -0.25) is 9.52 Å². The molecule has 0 aromatic heterocycles. The van der Waals surface area contributed by atoms with Gasteiger partial charge >= 0.3 is 0 Å². The lowest BCUT2D eigenvalue weighted by Gasteiger charge is -2.28. The van der Waals surface area contributed by atoms with Crippen molar-refractivity contribution in [1.82, 2.24) is 4.90 Å². The fourth-order valence-electron chi connectivity index (χ4n) is 3.26. The summed E-state index contributed by atoms with van der Waals surface area (Å²) in [6, 6.07) is 11.0. The van der Waals surface area contributed by atoms with Gasteiger partial charge in [0.25, 0.3) is 15.9 Å². The number of rotatable bonds is 5. The number of carbonyl (C=O) groups is 1. The van der Waals surface area contributed by atoms with E-state index < -0.39 is 10.0 Å². The maximum atomic E-state index is 13.1. The van der Waals surface area contributed by atoms with Gasteiger partial charge in [0.05, 0.1) is 10.5 Å². The third-order valence-electron chi connectivity index (χ3n) is 4.73. The lowest BCUT2D eigenvalue weighted by molar-refractivity contribution is 0.0725. The maximum Gasteiger partial charge on any atom is 0.261 e. The van der Waals surface area contributed by atoms with Crippen LogP contribution < -0.4 is 9.62 Å². The van der Waals surface area contributed by atoms with E-state index in [-0.39, 0.29) is 10.8 Å². The monoisotopic (exact) mass is 421 g/mol. The molecule has 0 spiro atoms. The smallest absolute Gasteiger partial charge is 0.261 e. The molecule has 1 N–H and O–H groups in total. The first-order valence-corrected chi connectivity index (χ1v) is 11.0. The zero-order valence-corrected chi connectivity index (χ0v) is 17.6. The minimum Gasteiger partial charge on any atom is -0.377 e. The zero-order valence-electron chi connectivity index (χ0n) is 16.0. The Morgan fingerprint density at radius 1 is 1.04 bits per heavy atom. The Morgan fingerprint density at radius 3 is 2.29 bits per heavy atom. The Labute approximate surface area is 171 Å². The quantitative estimate of drug-likeness (QED) is 0.796. The fraction of sp³-hybridized carbons (Fsp3) is 0.350. The molecule has 1 fully saturated rings. The van der Waals surface area contributed by atoms with Crippen molar-refractivity contribution in [3.05, 3.63) is 53.1 Å². The number of hydrogen-bond acceptors (Lipinski definition) is 4. The van der Waals surface area contributed by atoms with E-state index in [9.17, 15) is 13.2 Å². The van der Waals surface area contributed by atoms with Crippen molar-refractivity contribution in [2.24, 2.45) is 0 Å². The van der Waals surface area contributed by atoms with Gasteiger partial charge in [-0.15, -0.1) is 0 Å². The van der Waals surface area contributed by atoms with Gasteiger partial charge < -0.3 is 9.80 Å². The summed E-state index contributed by atoms with van der Waals surface area (Å²) in [4.78, 5) is 16.9. The number of carbonyl (C=O) groups excluding carboxylic acids is 1. The molecule has 150 valence electrons. The minimum absolute atomic E-state index is 0.0732. The molecule has 2 aromatic carbocycles. The van der Waals surface area contributed by atoms with E-state index in [1.807, 2.05) is 23.9 Å². The second-order valence-corrected chi connectivity index (χ2v) is 9.16. The molecular formula is C20H24ClN3O3S. The topological polar surface area (TPSA) is 69.7 Å². The van der Waals surface area contributed by atoms with Crippen LogP contribution in [0.4, 0.5) is 11.4 Å².